The normalized spacial score (nSPS) is 10.8. The van der Waals surface area contributed by atoms with Crippen LogP contribution in [0.3, 0.4) is 0 Å². The van der Waals surface area contributed by atoms with Crippen LogP contribution in [0.25, 0.3) is 0 Å². The van der Waals surface area contributed by atoms with Crippen molar-refractivity contribution in [1.82, 2.24) is 5.32 Å². The SMILES string of the molecule is CC(C)NCc1cccc(Oc2ccc(Br)cc2Cl)c1. The molecular formula is C16H17BrClNO. The fourth-order valence-electron chi connectivity index (χ4n) is 1.73. The van der Waals surface area contributed by atoms with Gasteiger partial charge in [0.25, 0.3) is 0 Å². The molecule has 20 heavy (non-hydrogen) atoms. The van der Waals surface area contributed by atoms with E-state index in [1.165, 1.54) is 5.56 Å². The molecule has 4 heteroatoms. The Morgan fingerprint density at radius 2 is 2.00 bits per heavy atom. The highest BCUT2D eigenvalue weighted by atomic mass is 79.9. The van der Waals surface area contributed by atoms with Crippen LogP contribution >= 0.6 is 27.5 Å². The van der Waals surface area contributed by atoms with Crippen molar-refractivity contribution in [1.29, 1.82) is 0 Å². The molecule has 0 unspecified atom stereocenters. The van der Waals surface area contributed by atoms with Crippen LogP contribution in [0.1, 0.15) is 19.4 Å². The lowest BCUT2D eigenvalue weighted by atomic mass is 10.2. The highest BCUT2D eigenvalue weighted by molar-refractivity contribution is 9.10. The van der Waals surface area contributed by atoms with Gasteiger partial charge in [0.2, 0.25) is 0 Å². The number of hydrogen-bond acceptors (Lipinski definition) is 2. The second kappa shape index (κ2) is 7.11. The lowest BCUT2D eigenvalue weighted by molar-refractivity contribution is 0.481. The maximum atomic E-state index is 6.15. The molecule has 0 heterocycles. The summed E-state index contributed by atoms with van der Waals surface area (Å²) in [7, 11) is 0. The fourth-order valence-corrected chi connectivity index (χ4v) is 2.44. The average Bonchev–Trinajstić information content (AvgIpc) is 2.40. The Morgan fingerprint density at radius 1 is 1.20 bits per heavy atom. The van der Waals surface area contributed by atoms with Crippen LogP contribution in [0.4, 0.5) is 0 Å². The van der Waals surface area contributed by atoms with Gasteiger partial charge in [0, 0.05) is 17.1 Å². The van der Waals surface area contributed by atoms with Crippen molar-refractivity contribution in [2.75, 3.05) is 0 Å². The van der Waals surface area contributed by atoms with Gasteiger partial charge in [-0.25, -0.2) is 0 Å². The summed E-state index contributed by atoms with van der Waals surface area (Å²) in [5.74, 6) is 1.45. The van der Waals surface area contributed by atoms with E-state index >= 15 is 0 Å². The summed E-state index contributed by atoms with van der Waals surface area (Å²) in [4.78, 5) is 0. The Hall–Kier alpha value is -1.03. The van der Waals surface area contributed by atoms with Crippen LogP contribution in [0, 0.1) is 0 Å². The Bertz CT molecular complexity index is 586. The van der Waals surface area contributed by atoms with Crippen molar-refractivity contribution in [3.8, 4) is 11.5 Å². The molecule has 106 valence electrons. The topological polar surface area (TPSA) is 21.3 Å². The van der Waals surface area contributed by atoms with Gasteiger partial charge in [-0.15, -0.1) is 0 Å². The first-order chi connectivity index (χ1) is 9.54. The van der Waals surface area contributed by atoms with Crippen LogP contribution in [-0.2, 0) is 6.54 Å². The summed E-state index contributed by atoms with van der Waals surface area (Å²) in [6, 6.07) is 14.0. The molecular weight excluding hydrogens is 338 g/mol. The molecule has 0 aliphatic rings. The number of benzene rings is 2. The van der Waals surface area contributed by atoms with Crippen LogP contribution in [0.15, 0.2) is 46.9 Å². The Labute approximate surface area is 133 Å². The third kappa shape index (κ3) is 4.51. The predicted octanol–water partition coefficient (Wildman–Crippen LogP) is 5.39. The van der Waals surface area contributed by atoms with Crippen molar-refractivity contribution < 1.29 is 4.74 Å². The number of rotatable bonds is 5. The molecule has 2 aromatic rings. The van der Waals surface area contributed by atoms with E-state index in [4.69, 9.17) is 16.3 Å². The molecule has 1 N–H and O–H groups in total. The zero-order chi connectivity index (χ0) is 14.5. The van der Waals surface area contributed by atoms with Crippen LogP contribution in [0.2, 0.25) is 5.02 Å². The van der Waals surface area contributed by atoms with Gasteiger partial charge >= 0.3 is 0 Å². The zero-order valence-corrected chi connectivity index (χ0v) is 13.8. The number of hydrogen-bond donors (Lipinski definition) is 1. The summed E-state index contributed by atoms with van der Waals surface area (Å²) in [6.07, 6.45) is 0. The van der Waals surface area contributed by atoms with E-state index in [2.05, 4.69) is 41.2 Å². The smallest absolute Gasteiger partial charge is 0.146 e. The molecule has 2 aromatic carbocycles. The van der Waals surface area contributed by atoms with Crippen molar-refractivity contribution in [3.05, 3.63) is 57.5 Å². The Kier molecular flexibility index (Phi) is 5.46. The van der Waals surface area contributed by atoms with E-state index in [0.29, 0.717) is 16.8 Å². The molecule has 0 atom stereocenters. The molecule has 0 radical (unpaired) electrons. The maximum absolute atomic E-state index is 6.15. The van der Waals surface area contributed by atoms with Gasteiger partial charge in [0.05, 0.1) is 5.02 Å². The molecule has 0 amide bonds. The highest BCUT2D eigenvalue weighted by Gasteiger charge is 2.04. The standard InChI is InChI=1S/C16H17BrClNO/c1-11(2)19-10-12-4-3-5-14(8-12)20-16-7-6-13(17)9-15(16)18/h3-9,11,19H,10H2,1-2H3. The minimum atomic E-state index is 0.459. The largest absolute Gasteiger partial charge is 0.456 e. The number of ether oxygens (including phenoxy) is 1. The third-order valence-corrected chi connectivity index (χ3v) is 3.52. The fraction of sp³-hybridized carbons (Fsp3) is 0.250. The van der Waals surface area contributed by atoms with Crippen molar-refractivity contribution in [2.45, 2.75) is 26.4 Å². The lowest BCUT2D eigenvalue weighted by Crippen LogP contribution is -2.21. The Morgan fingerprint density at radius 3 is 2.70 bits per heavy atom. The quantitative estimate of drug-likeness (QED) is 0.777. The molecule has 0 spiro atoms. The lowest BCUT2D eigenvalue weighted by Gasteiger charge is -2.11. The minimum absolute atomic E-state index is 0.459. The van der Waals surface area contributed by atoms with E-state index < -0.39 is 0 Å². The van der Waals surface area contributed by atoms with Gasteiger partial charge < -0.3 is 10.1 Å². The maximum Gasteiger partial charge on any atom is 0.146 e. The monoisotopic (exact) mass is 353 g/mol. The predicted molar refractivity (Wildman–Crippen MR) is 87.6 cm³/mol. The van der Waals surface area contributed by atoms with E-state index in [1.54, 1.807) is 0 Å². The van der Waals surface area contributed by atoms with Gasteiger partial charge in [-0.2, -0.15) is 0 Å². The first kappa shape index (κ1) is 15.4. The van der Waals surface area contributed by atoms with E-state index in [1.807, 2.05) is 36.4 Å². The van der Waals surface area contributed by atoms with Gasteiger partial charge in [0.1, 0.15) is 11.5 Å². The first-order valence-corrected chi connectivity index (χ1v) is 7.67. The average molecular weight is 355 g/mol. The molecule has 2 nitrogen and oxygen atoms in total. The number of nitrogens with one attached hydrogen (secondary N) is 1. The van der Waals surface area contributed by atoms with E-state index in [9.17, 15) is 0 Å². The summed E-state index contributed by atoms with van der Waals surface area (Å²) in [5.41, 5.74) is 1.18. The molecule has 0 saturated carbocycles. The van der Waals surface area contributed by atoms with Crippen LogP contribution in [-0.4, -0.2) is 6.04 Å². The first-order valence-electron chi connectivity index (χ1n) is 6.50. The van der Waals surface area contributed by atoms with Crippen LogP contribution in [0.5, 0.6) is 11.5 Å². The highest BCUT2D eigenvalue weighted by Crippen LogP contribution is 2.31. The molecule has 0 aromatic heterocycles. The minimum Gasteiger partial charge on any atom is -0.456 e. The third-order valence-electron chi connectivity index (χ3n) is 2.73. The number of halogens is 2. The van der Waals surface area contributed by atoms with Gasteiger partial charge in [-0.05, 0) is 35.9 Å². The second-order valence-electron chi connectivity index (χ2n) is 4.86. The molecule has 0 aliphatic carbocycles. The van der Waals surface area contributed by atoms with Crippen molar-refractivity contribution >= 4 is 27.5 Å². The van der Waals surface area contributed by atoms with Gasteiger partial charge in [0.15, 0.2) is 0 Å². The molecule has 0 fully saturated rings. The molecule has 0 aliphatic heterocycles. The van der Waals surface area contributed by atoms with Crippen molar-refractivity contribution in [2.24, 2.45) is 0 Å². The summed E-state index contributed by atoms with van der Waals surface area (Å²) in [6.45, 7) is 5.08. The van der Waals surface area contributed by atoms with Crippen LogP contribution < -0.4 is 10.1 Å². The molecule has 2 rings (SSSR count). The zero-order valence-electron chi connectivity index (χ0n) is 11.5. The summed E-state index contributed by atoms with van der Waals surface area (Å²) >= 11 is 9.53. The van der Waals surface area contributed by atoms with Gasteiger partial charge in [-0.3, -0.25) is 0 Å². The summed E-state index contributed by atoms with van der Waals surface area (Å²) < 4.78 is 6.77. The summed E-state index contributed by atoms with van der Waals surface area (Å²) in [5, 5.41) is 3.97. The van der Waals surface area contributed by atoms with E-state index in [-0.39, 0.29) is 0 Å². The Balaban J connectivity index is 2.11. The molecule has 0 saturated heterocycles. The second-order valence-corrected chi connectivity index (χ2v) is 6.18. The van der Waals surface area contributed by atoms with E-state index in [0.717, 1.165) is 16.8 Å². The molecule has 0 bridgehead atoms. The van der Waals surface area contributed by atoms with Crippen molar-refractivity contribution in [3.63, 3.8) is 0 Å². The van der Waals surface area contributed by atoms with Gasteiger partial charge in [-0.1, -0.05) is 53.5 Å².